The van der Waals surface area contributed by atoms with Crippen LogP contribution in [0, 0.1) is 0 Å². The summed E-state index contributed by atoms with van der Waals surface area (Å²) in [4.78, 5) is 24.7. The molecule has 3 aromatic carbocycles. The number of nitrogens with one attached hydrogen (secondary N) is 2. The molecule has 0 heterocycles. The van der Waals surface area contributed by atoms with E-state index in [1.54, 1.807) is 42.5 Å². The van der Waals surface area contributed by atoms with Gasteiger partial charge in [0.2, 0.25) is 0 Å². The third kappa shape index (κ3) is 7.82. The molecule has 188 valence electrons. The largest absolute Gasteiger partial charge is 0.493 e. The highest BCUT2D eigenvalue weighted by Crippen LogP contribution is 2.34. The molecule has 0 saturated heterocycles. The molecule has 2 N–H and O–H groups in total. The zero-order valence-corrected chi connectivity index (χ0v) is 22.9. The average molecular weight is 619 g/mol. The zero-order chi connectivity index (χ0) is 25.9. The van der Waals surface area contributed by atoms with Crippen molar-refractivity contribution < 1.29 is 23.8 Å². The van der Waals surface area contributed by atoms with Gasteiger partial charge in [-0.15, -0.1) is 0 Å². The molecular formula is C26H25Br2N3O5. The van der Waals surface area contributed by atoms with Crippen LogP contribution >= 0.6 is 31.9 Å². The third-order valence-electron chi connectivity index (χ3n) is 4.69. The molecule has 3 aromatic rings. The van der Waals surface area contributed by atoms with E-state index < -0.39 is 5.91 Å². The van der Waals surface area contributed by atoms with Crippen LogP contribution in [0.4, 0.5) is 5.69 Å². The number of halogens is 2. The van der Waals surface area contributed by atoms with Gasteiger partial charge in [-0.2, -0.15) is 5.10 Å². The number of hydrogen-bond acceptors (Lipinski definition) is 6. The van der Waals surface area contributed by atoms with Crippen molar-refractivity contribution in [2.75, 3.05) is 25.6 Å². The molecule has 8 nitrogen and oxygen atoms in total. The second-order valence-corrected chi connectivity index (χ2v) is 9.14. The molecule has 2 amide bonds. The number of benzene rings is 3. The van der Waals surface area contributed by atoms with Crippen molar-refractivity contribution in [3.05, 3.63) is 80.7 Å². The summed E-state index contributed by atoms with van der Waals surface area (Å²) in [6.07, 6.45) is 2.36. The highest BCUT2D eigenvalue weighted by molar-refractivity contribution is 9.11. The zero-order valence-electron chi connectivity index (χ0n) is 19.7. The molecule has 36 heavy (non-hydrogen) atoms. The van der Waals surface area contributed by atoms with E-state index in [4.69, 9.17) is 14.2 Å². The second kappa shape index (κ2) is 13.6. The Morgan fingerprint density at radius 1 is 0.972 bits per heavy atom. The molecule has 0 bridgehead atoms. The highest BCUT2D eigenvalue weighted by Gasteiger charge is 2.13. The van der Waals surface area contributed by atoms with Crippen molar-refractivity contribution in [1.29, 1.82) is 0 Å². The highest BCUT2D eigenvalue weighted by atomic mass is 79.9. The van der Waals surface area contributed by atoms with Crippen molar-refractivity contribution in [2.24, 2.45) is 5.10 Å². The first-order valence-electron chi connectivity index (χ1n) is 11.0. The average Bonchev–Trinajstić information content (AvgIpc) is 2.87. The molecule has 0 aliphatic rings. The summed E-state index contributed by atoms with van der Waals surface area (Å²) in [6.45, 7) is 2.40. The fourth-order valence-corrected chi connectivity index (χ4v) is 4.47. The Bertz CT molecular complexity index is 1210. The van der Waals surface area contributed by atoms with Crippen molar-refractivity contribution in [2.45, 2.75) is 13.3 Å². The summed E-state index contributed by atoms with van der Waals surface area (Å²) in [6, 6.07) is 17.6. The summed E-state index contributed by atoms with van der Waals surface area (Å²) in [5.74, 6) is 0.843. The SMILES string of the molecule is CCCOc1ccc(C(=O)N/N=C/c2cc(Br)c(OCC(=O)Nc3ccccc3)c(Br)c2)cc1OC. The predicted molar refractivity (Wildman–Crippen MR) is 146 cm³/mol. The fraction of sp³-hybridized carbons (Fsp3) is 0.192. The van der Waals surface area contributed by atoms with Gasteiger partial charge in [-0.1, -0.05) is 25.1 Å². The van der Waals surface area contributed by atoms with Crippen LogP contribution < -0.4 is 25.0 Å². The predicted octanol–water partition coefficient (Wildman–Crippen LogP) is 5.79. The normalized spacial score (nSPS) is 10.7. The molecule has 0 atom stereocenters. The van der Waals surface area contributed by atoms with Crippen molar-refractivity contribution in [3.8, 4) is 17.2 Å². The van der Waals surface area contributed by atoms with E-state index in [-0.39, 0.29) is 12.5 Å². The van der Waals surface area contributed by atoms with Gasteiger partial charge in [0.05, 0.1) is 28.9 Å². The lowest BCUT2D eigenvalue weighted by Crippen LogP contribution is -2.20. The number of rotatable bonds is 11. The van der Waals surface area contributed by atoms with Gasteiger partial charge in [-0.05, 0) is 86.3 Å². The number of methoxy groups -OCH3 is 1. The number of para-hydroxylation sites is 1. The topological polar surface area (TPSA) is 98.3 Å². The molecular weight excluding hydrogens is 594 g/mol. The Morgan fingerprint density at radius 3 is 2.36 bits per heavy atom. The Morgan fingerprint density at radius 2 is 1.69 bits per heavy atom. The van der Waals surface area contributed by atoms with Gasteiger partial charge in [0, 0.05) is 11.3 Å². The third-order valence-corrected chi connectivity index (χ3v) is 5.87. The molecule has 10 heteroatoms. The number of carbonyl (C=O) groups excluding carboxylic acids is 2. The number of hydrogen-bond donors (Lipinski definition) is 2. The van der Waals surface area contributed by atoms with Crippen molar-refractivity contribution in [3.63, 3.8) is 0 Å². The van der Waals surface area contributed by atoms with E-state index in [0.717, 1.165) is 6.42 Å². The molecule has 0 saturated carbocycles. The quantitative estimate of drug-likeness (QED) is 0.209. The fourth-order valence-electron chi connectivity index (χ4n) is 3.02. The smallest absolute Gasteiger partial charge is 0.271 e. The van der Waals surface area contributed by atoms with E-state index in [9.17, 15) is 9.59 Å². The van der Waals surface area contributed by atoms with Gasteiger partial charge >= 0.3 is 0 Å². The Labute approximate surface area is 226 Å². The molecule has 0 radical (unpaired) electrons. The van der Waals surface area contributed by atoms with Crippen LogP contribution in [0.5, 0.6) is 17.2 Å². The first kappa shape index (κ1) is 27.2. The van der Waals surface area contributed by atoms with Crippen LogP contribution in [0.25, 0.3) is 0 Å². The first-order chi connectivity index (χ1) is 17.4. The van der Waals surface area contributed by atoms with Gasteiger partial charge in [-0.3, -0.25) is 9.59 Å². The summed E-state index contributed by atoms with van der Waals surface area (Å²) in [5.41, 5.74) is 4.26. The van der Waals surface area contributed by atoms with Crippen molar-refractivity contribution >= 4 is 55.6 Å². The summed E-state index contributed by atoms with van der Waals surface area (Å²) >= 11 is 6.90. The second-order valence-electron chi connectivity index (χ2n) is 7.43. The standard InChI is InChI=1S/C26H25Br2N3O5/c1-3-11-35-22-10-9-18(14-23(22)34-2)26(33)31-29-15-17-12-20(27)25(21(28)13-17)36-16-24(32)30-19-7-5-4-6-8-19/h4-10,12-15H,3,11,16H2,1-2H3,(H,30,32)(H,31,33)/b29-15+. The van der Waals surface area contributed by atoms with Gasteiger partial charge in [-0.25, -0.2) is 5.43 Å². The lowest BCUT2D eigenvalue weighted by molar-refractivity contribution is -0.118. The molecule has 0 aliphatic carbocycles. The lowest BCUT2D eigenvalue weighted by Gasteiger charge is -2.12. The lowest BCUT2D eigenvalue weighted by atomic mass is 10.2. The molecule has 3 rings (SSSR count). The maximum absolute atomic E-state index is 12.5. The van der Waals surface area contributed by atoms with Gasteiger partial charge < -0.3 is 19.5 Å². The maximum Gasteiger partial charge on any atom is 0.271 e. The number of ether oxygens (including phenoxy) is 3. The summed E-state index contributed by atoms with van der Waals surface area (Å²) < 4.78 is 17.8. The molecule has 0 fully saturated rings. The van der Waals surface area contributed by atoms with Crippen molar-refractivity contribution in [1.82, 2.24) is 5.43 Å². The van der Waals surface area contributed by atoms with Crippen LogP contribution in [-0.2, 0) is 4.79 Å². The summed E-state index contributed by atoms with van der Waals surface area (Å²) in [5, 5.41) is 6.80. The van der Waals surface area contributed by atoms with Gasteiger partial charge in [0.25, 0.3) is 11.8 Å². The number of hydrazone groups is 1. The summed E-state index contributed by atoms with van der Waals surface area (Å²) in [7, 11) is 1.52. The van der Waals surface area contributed by atoms with E-state index in [0.29, 0.717) is 49.6 Å². The van der Waals surface area contributed by atoms with E-state index in [2.05, 4.69) is 47.7 Å². The monoisotopic (exact) mass is 617 g/mol. The van der Waals surface area contributed by atoms with Gasteiger partial charge in [0.1, 0.15) is 5.75 Å². The van der Waals surface area contributed by atoms with Crippen LogP contribution in [0.2, 0.25) is 0 Å². The maximum atomic E-state index is 12.5. The Balaban J connectivity index is 1.58. The number of carbonyl (C=O) groups is 2. The van der Waals surface area contributed by atoms with Crippen LogP contribution in [0.3, 0.4) is 0 Å². The molecule has 0 unspecified atom stereocenters. The minimum atomic E-state index is -0.394. The number of nitrogens with zero attached hydrogens (tertiary/aromatic N) is 1. The van der Waals surface area contributed by atoms with E-state index in [1.165, 1.54) is 13.3 Å². The first-order valence-corrected chi connectivity index (χ1v) is 12.6. The minimum absolute atomic E-state index is 0.165. The van der Waals surface area contributed by atoms with Crippen LogP contribution in [0.15, 0.2) is 74.7 Å². The number of anilines is 1. The molecule has 0 spiro atoms. The number of amides is 2. The van der Waals surface area contributed by atoms with Crippen LogP contribution in [-0.4, -0.2) is 38.4 Å². The Hall–Kier alpha value is -3.37. The molecule has 0 aliphatic heterocycles. The van der Waals surface area contributed by atoms with Gasteiger partial charge in [0.15, 0.2) is 18.1 Å². The van der Waals surface area contributed by atoms with Crippen LogP contribution in [0.1, 0.15) is 29.3 Å². The minimum Gasteiger partial charge on any atom is -0.493 e. The molecule has 0 aromatic heterocycles. The van der Waals surface area contributed by atoms with E-state index >= 15 is 0 Å². The Kier molecular flexibility index (Phi) is 10.3. The van der Waals surface area contributed by atoms with E-state index in [1.807, 2.05) is 25.1 Å².